The summed E-state index contributed by atoms with van der Waals surface area (Å²) in [5.74, 6) is -2.10. The molecule has 0 saturated carbocycles. The molecular formula is C14H16INO5. The summed E-state index contributed by atoms with van der Waals surface area (Å²) in [4.78, 5) is 34.7. The van der Waals surface area contributed by atoms with Crippen LogP contribution in [0, 0.1) is 3.57 Å². The van der Waals surface area contributed by atoms with Gasteiger partial charge in [0.05, 0.1) is 24.2 Å². The molecule has 0 saturated heterocycles. The summed E-state index contributed by atoms with van der Waals surface area (Å²) in [6.07, 6.45) is 0.0331. The molecule has 114 valence electrons. The van der Waals surface area contributed by atoms with E-state index < -0.39 is 23.9 Å². The van der Waals surface area contributed by atoms with Crippen LogP contribution in [0.15, 0.2) is 18.2 Å². The highest BCUT2D eigenvalue weighted by Gasteiger charge is 2.21. The summed E-state index contributed by atoms with van der Waals surface area (Å²) in [7, 11) is 0. The Labute approximate surface area is 136 Å². The number of carbonyl (C=O) groups excluding carboxylic acids is 2. The molecule has 0 aliphatic carbocycles. The van der Waals surface area contributed by atoms with Crippen LogP contribution in [0.25, 0.3) is 0 Å². The maximum atomic E-state index is 12.2. The number of rotatable bonds is 6. The average molecular weight is 405 g/mol. The molecule has 0 heterocycles. The van der Waals surface area contributed by atoms with Crippen LogP contribution in [0.5, 0.6) is 0 Å². The Morgan fingerprint density at radius 2 is 2.05 bits per heavy atom. The van der Waals surface area contributed by atoms with Gasteiger partial charge in [0.15, 0.2) is 0 Å². The Morgan fingerprint density at radius 1 is 1.38 bits per heavy atom. The molecule has 0 spiro atoms. The third-order valence-electron chi connectivity index (χ3n) is 2.63. The zero-order chi connectivity index (χ0) is 16.0. The number of carbonyl (C=O) groups is 3. The highest BCUT2D eigenvalue weighted by Crippen LogP contribution is 2.17. The van der Waals surface area contributed by atoms with Crippen molar-refractivity contribution in [2.45, 2.75) is 26.3 Å². The van der Waals surface area contributed by atoms with Crippen molar-refractivity contribution in [3.05, 3.63) is 32.9 Å². The number of hydrogen-bond acceptors (Lipinski definition) is 4. The first kappa shape index (κ1) is 17.4. The van der Waals surface area contributed by atoms with Gasteiger partial charge in [-0.05, 0) is 48.6 Å². The Bertz CT molecular complexity index is 558. The predicted octanol–water partition coefficient (Wildman–Crippen LogP) is 2.06. The molecule has 21 heavy (non-hydrogen) atoms. The van der Waals surface area contributed by atoms with Crippen LogP contribution in [0.4, 0.5) is 0 Å². The van der Waals surface area contributed by atoms with E-state index in [9.17, 15) is 14.4 Å². The predicted molar refractivity (Wildman–Crippen MR) is 84.3 cm³/mol. The molecule has 1 aromatic rings. The maximum Gasteiger partial charge on any atom is 0.336 e. The molecule has 7 heteroatoms. The van der Waals surface area contributed by atoms with E-state index in [2.05, 4.69) is 5.32 Å². The number of nitrogens with one attached hydrogen (secondary N) is 1. The first-order chi connectivity index (χ1) is 9.86. The molecule has 0 radical (unpaired) electrons. The monoisotopic (exact) mass is 405 g/mol. The molecule has 6 nitrogen and oxygen atoms in total. The normalized spacial score (nSPS) is 11.6. The molecular weight excluding hydrogens is 389 g/mol. The smallest absolute Gasteiger partial charge is 0.336 e. The van der Waals surface area contributed by atoms with Crippen LogP contribution >= 0.6 is 22.6 Å². The van der Waals surface area contributed by atoms with Gasteiger partial charge in [-0.1, -0.05) is 6.07 Å². The van der Waals surface area contributed by atoms with Crippen LogP contribution in [0.2, 0.25) is 0 Å². The number of ether oxygens (including phenoxy) is 1. The summed E-state index contributed by atoms with van der Waals surface area (Å²) in [6, 6.07) is 4.14. The molecule has 2 N–H and O–H groups in total. The van der Waals surface area contributed by atoms with Crippen LogP contribution < -0.4 is 5.32 Å². The summed E-state index contributed by atoms with van der Waals surface area (Å²) in [6.45, 7) is 3.64. The lowest BCUT2D eigenvalue weighted by Crippen LogP contribution is -2.36. The molecule has 1 atom stereocenters. The van der Waals surface area contributed by atoms with E-state index in [1.165, 1.54) is 6.07 Å². The molecule has 0 bridgehead atoms. The van der Waals surface area contributed by atoms with Gasteiger partial charge in [0.25, 0.3) is 5.91 Å². The zero-order valence-electron chi connectivity index (χ0n) is 11.7. The SMILES string of the molecule is CCOC(=O)CC(C)NC(=O)c1c(I)cccc1C(=O)O. The van der Waals surface area contributed by atoms with E-state index in [1.807, 2.05) is 22.6 Å². The van der Waals surface area contributed by atoms with Crippen molar-refractivity contribution in [1.29, 1.82) is 0 Å². The van der Waals surface area contributed by atoms with Gasteiger partial charge in [0.2, 0.25) is 0 Å². The highest BCUT2D eigenvalue weighted by molar-refractivity contribution is 14.1. The van der Waals surface area contributed by atoms with Gasteiger partial charge in [-0.25, -0.2) is 4.79 Å². The summed E-state index contributed by atoms with van der Waals surface area (Å²) >= 11 is 1.90. The van der Waals surface area contributed by atoms with Crippen molar-refractivity contribution >= 4 is 40.4 Å². The van der Waals surface area contributed by atoms with E-state index in [0.29, 0.717) is 3.57 Å². The molecule has 0 aliphatic rings. The third-order valence-corrected chi connectivity index (χ3v) is 3.53. The Kier molecular flexibility index (Phi) is 6.60. The summed E-state index contributed by atoms with van der Waals surface area (Å²) in [5.41, 5.74) is 0.0315. The number of esters is 1. The number of aromatic carboxylic acids is 1. The highest BCUT2D eigenvalue weighted by atomic mass is 127. The molecule has 1 rings (SSSR count). The van der Waals surface area contributed by atoms with E-state index in [4.69, 9.17) is 9.84 Å². The van der Waals surface area contributed by atoms with E-state index in [1.54, 1.807) is 26.0 Å². The number of carboxylic acid groups (broad SMARTS) is 1. The summed E-state index contributed by atoms with van der Waals surface area (Å²) < 4.78 is 5.34. The van der Waals surface area contributed by atoms with Crippen molar-refractivity contribution in [2.75, 3.05) is 6.61 Å². The van der Waals surface area contributed by atoms with Crippen molar-refractivity contribution in [1.82, 2.24) is 5.32 Å². The minimum Gasteiger partial charge on any atom is -0.478 e. The lowest BCUT2D eigenvalue weighted by Gasteiger charge is -2.15. The average Bonchev–Trinajstić information content (AvgIpc) is 2.37. The van der Waals surface area contributed by atoms with Crippen molar-refractivity contribution in [3.63, 3.8) is 0 Å². The van der Waals surface area contributed by atoms with Crippen LogP contribution in [-0.4, -0.2) is 35.6 Å². The Hall–Kier alpha value is -1.64. The molecule has 0 fully saturated rings. The minimum atomic E-state index is -1.17. The summed E-state index contributed by atoms with van der Waals surface area (Å²) in [5, 5.41) is 11.7. The molecule has 0 aromatic heterocycles. The van der Waals surface area contributed by atoms with E-state index in [-0.39, 0.29) is 24.2 Å². The van der Waals surface area contributed by atoms with Crippen LogP contribution in [0.3, 0.4) is 0 Å². The molecule has 1 amide bonds. The lowest BCUT2D eigenvalue weighted by atomic mass is 10.1. The van der Waals surface area contributed by atoms with Gasteiger partial charge >= 0.3 is 11.9 Å². The van der Waals surface area contributed by atoms with Crippen LogP contribution in [-0.2, 0) is 9.53 Å². The van der Waals surface area contributed by atoms with Gasteiger partial charge in [-0.2, -0.15) is 0 Å². The molecule has 1 unspecified atom stereocenters. The molecule has 1 aromatic carbocycles. The van der Waals surface area contributed by atoms with Gasteiger partial charge in [0, 0.05) is 9.61 Å². The zero-order valence-corrected chi connectivity index (χ0v) is 13.8. The number of carboxylic acids is 1. The fourth-order valence-electron chi connectivity index (χ4n) is 1.75. The second kappa shape index (κ2) is 7.96. The Balaban J connectivity index is 2.85. The number of hydrogen-bond donors (Lipinski definition) is 2. The number of benzene rings is 1. The standard InChI is InChI=1S/C14H16INO5/c1-3-21-11(17)7-8(2)16-13(18)12-9(14(19)20)5-4-6-10(12)15/h4-6,8H,3,7H2,1-2H3,(H,16,18)(H,19,20). The maximum absolute atomic E-state index is 12.2. The van der Waals surface area contributed by atoms with Crippen LogP contribution in [0.1, 0.15) is 41.0 Å². The van der Waals surface area contributed by atoms with Crippen molar-refractivity contribution in [3.8, 4) is 0 Å². The van der Waals surface area contributed by atoms with E-state index >= 15 is 0 Å². The largest absolute Gasteiger partial charge is 0.478 e. The van der Waals surface area contributed by atoms with Crippen molar-refractivity contribution < 1.29 is 24.2 Å². The van der Waals surface area contributed by atoms with Gasteiger partial charge in [-0.3, -0.25) is 9.59 Å². The van der Waals surface area contributed by atoms with E-state index in [0.717, 1.165) is 0 Å². The first-order valence-corrected chi connectivity index (χ1v) is 7.43. The topological polar surface area (TPSA) is 92.7 Å². The minimum absolute atomic E-state index is 0.0331. The quantitative estimate of drug-likeness (QED) is 0.559. The van der Waals surface area contributed by atoms with Gasteiger partial charge in [0.1, 0.15) is 0 Å². The fraction of sp³-hybridized carbons (Fsp3) is 0.357. The Morgan fingerprint density at radius 3 is 2.62 bits per heavy atom. The number of amides is 1. The second-order valence-corrected chi connectivity index (χ2v) is 5.51. The van der Waals surface area contributed by atoms with Crippen molar-refractivity contribution in [2.24, 2.45) is 0 Å². The number of halogens is 1. The lowest BCUT2D eigenvalue weighted by molar-refractivity contribution is -0.143. The first-order valence-electron chi connectivity index (χ1n) is 6.35. The van der Waals surface area contributed by atoms with Gasteiger partial charge in [-0.15, -0.1) is 0 Å². The second-order valence-electron chi connectivity index (χ2n) is 4.35. The molecule has 0 aliphatic heterocycles. The fourth-order valence-corrected chi connectivity index (χ4v) is 2.49. The van der Waals surface area contributed by atoms with Gasteiger partial charge < -0.3 is 15.2 Å². The third kappa shape index (κ3) is 5.00.